The quantitative estimate of drug-likeness (QED) is 0.866. The molecule has 1 aliphatic rings. The summed E-state index contributed by atoms with van der Waals surface area (Å²) < 4.78 is 5.70. The second kappa shape index (κ2) is 5.09. The Morgan fingerprint density at radius 1 is 1.35 bits per heavy atom. The van der Waals surface area contributed by atoms with E-state index in [-0.39, 0.29) is 0 Å². The van der Waals surface area contributed by atoms with Crippen molar-refractivity contribution in [1.82, 2.24) is 0 Å². The minimum atomic E-state index is 0.323. The lowest BCUT2D eigenvalue weighted by molar-refractivity contribution is 0.219. The number of hydrogen-bond acceptors (Lipinski definition) is 2. The molecule has 0 saturated carbocycles. The van der Waals surface area contributed by atoms with Gasteiger partial charge < -0.3 is 10.5 Å². The Kier molecular flexibility index (Phi) is 3.72. The summed E-state index contributed by atoms with van der Waals surface area (Å²) in [5.74, 6) is 1.70. The number of nitrogens with two attached hydrogens (primary N) is 1. The summed E-state index contributed by atoms with van der Waals surface area (Å²) in [6.07, 6.45) is 3.42. The smallest absolute Gasteiger partial charge is 0.122 e. The predicted molar refractivity (Wildman–Crippen MR) is 71.4 cm³/mol. The van der Waals surface area contributed by atoms with E-state index < -0.39 is 0 Å². The summed E-state index contributed by atoms with van der Waals surface area (Å²) in [5, 5.41) is 0. The van der Waals surface area contributed by atoms with Crippen molar-refractivity contribution in [2.75, 3.05) is 13.2 Å². The van der Waals surface area contributed by atoms with Crippen LogP contribution in [0.1, 0.15) is 44.6 Å². The molecule has 1 atom stereocenters. The first kappa shape index (κ1) is 12.4. The highest BCUT2D eigenvalue weighted by atomic mass is 16.5. The molecule has 0 aliphatic carbocycles. The van der Waals surface area contributed by atoms with Gasteiger partial charge in [0.05, 0.1) is 6.61 Å². The van der Waals surface area contributed by atoms with E-state index in [0.29, 0.717) is 11.3 Å². The van der Waals surface area contributed by atoms with Crippen LogP contribution in [0.5, 0.6) is 5.75 Å². The third-order valence-electron chi connectivity index (χ3n) is 3.70. The van der Waals surface area contributed by atoms with E-state index in [1.165, 1.54) is 12.0 Å². The molecule has 1 aromatic rings. The van der Waals surface area contributed by atoms with Gasteiger partial charge >= 0.3 is 0 Å². The molecule has 1 aliphatic heterocycles. The summed E-state index contributed by atoms with van der Waals surface area (Å²) in [4.78, 5) is 0. The Morgan fingerprint density at radius 3 is 2.88 bits per heavy atom. The van der Waals surface area contributed by atoms with Crippen LogP contribution in [-0.2, 0) is 0 Å². The first-order chi connectivity index (χ1) is 8.12. The van der Waals surface area contributed by atoms with Crippen LogP contribution in [0.2, 0.25) is 0 Å². The van der Waals surface area contributed by atoms with Gasteiger partial charge in [-0.05, 0) is 48.8 Å². The van der Waals surface area contributed by atoms with Crippen molar-refractivity contribution in [3.63, 3.8) is 0 Å². The minimum Gasteiger partial charge on any atom is -0.493 e. The third kappa shape index (κ3) is 3.01. The largest absolute Gasteiger partial charge is 0.493 e. The zero-order chi connectivity index (χ0) is 12.3. The zero-order valence-electron chi connectivity index (χ0n) is 10.9. The van der Waals surface area contributed by atoms with Crippen LogP contribution >= 0.6 is 0 Å². The summed E-state index contributed by atoms with van der Waals surface area (Å²) in [6.45, 7) is 6.26. The number of rotatable bonds is 4. The topological polar surface area (TPSA) is 35.2 Å². The van der Waals surface area contributed by atoms with E-state index in [1.807, 2.05) is 6.07 Å². The highest BCUT2D eigenvalue weighted by Crippen LogP contribution is 2.41. The van der Waals surface area contributed by atoms with Gasteiger partial charge in [-0.25, -0.2) is 0 Å². The van der Waals surface area contributed by atoms with Crippen LogP contribution in [0.25, 0.3) is 0 Å². The van der Waals surface area contributed by atoms with Gasteiger partial charge in [0.2, 0.25) is 0 Å². The predicted octanol–water partition coefficient (Wildman–Crippen LogP) is 3.32. The molecule has 0 aromatic heterocycles. The maximum Gasteiger partial charge on any atom is 0.122 e. The molecule has 0 amide bonds. The van der Waals surface area contributed by atoms with E-state index >= 15 is 0 Å². The van der Waals surface area contributed by atoms with Crippen molar-refractivity contribution >= 4 is 0 Å². The molecule has 1 heterocycles. The van der Waals surface area contributed by atoms with Gasteiger partial charge in [0.1, 0.15) is 5.75 Å². The first-order valence-electron chi connectivity index (χ1n) is 6.54. The average Bonchev–Trinajstić information content (AvgIpc) is 2.29. The van der Waals surface area contributed by atoms with Gasteiger partial charge in [0.25, 0.3) is 0 Å². The monoisotopic (exact) mass is 233 g/mol. The maximum atomic E-state index is 5.70. The Morgan fingerprint density at radius 2 is 2.12 bits per heavy atom. The van der Waals surface area contributed by atoms with Crippen LogP contribution < -0.4 is 10.5 Å². The molecule has 0 fully saturated rings. The lowest BCUT2D eigenvalue weighted by atomic mass is 9.76. The average molecular weight is 233 g/mol. The second-order valence-corrected chi connectivity index (χ2v) is 5.78. The van der Waals surface area contributed by atoms with Gasteiger partial charge in [-0.2, -0.15) is 0 Å². The standard InChI is InChI=1S/C15H23NO/c1-15(2,8-9-16)11-12-7-10-17-14-6-4-3-5-13(12)14/h3-6,12H,7-11,16H2,1-2H3. The molecule has 0 saturated heterocycles. The van der Waals surface area contributed by atoms with E-state index in [4.69, 9.17) is 10.5 Å². The molecule has 0 radical (unpaired) electrons. The molecular formula is C15H23NO. The molecule has 94 valence electrons. The first-order valence-corrected chi connectivity index (χ1v) is 6.54. The second-order valence-electron chi connectivity index (χ2n) is 5.78. The zero-order valence-corrected chi connectivity index (χ0v) is 10.9. The lowest BCUT2D eigenvalue weighted by Crippen LogP contribution is -2.23. The maximum absolute atomic E-state index is 5.70. The molecular weight excluding hydrogens is 210 g/mol. The normalized spacial score (nSPS) is 19.6. The van der Waals surface area contributed by atoms with Crippen molar-refractivity contribution in [2.45, 2.75) is 39.0 Å². The summed E-state index contributed by atoms with van der Waals surface area (Å²) in [6, 6.07) is 8.44. The van der Waals surface area contributed by atoms with Crippen molar-refractivity contribution < 1.29 is 4.74 Å². The minimum absolute atomic E-state index is 0.323. The molecule has 2 nitrogen and oxygen atoms in total. The highest BCUT2D eigenvalue weighted by Gasteiger charge is 2.27. The fourth-order valence-corrected chi connectivity index (χ4v) is 2.79. The Bertz CT molecular complexity index is 373. The number of para-hydroxylation sites is 1. The molecule has 2 rings (SSSR count). The van der Waals surface area contributed by atoms with Gasteiger partial charge in [-0.1, -0.05) is 32.0 Å². The van der Waals surface area contributed by atoms with Crippen LogP contribution in [0.15, 0.2) is 24.3 Å². The molecule has 0 bridgehead atoms. The van der Waals surface area contributed by atoms with E-state index in [2.05, 4.69) is 32.0 Å². The molecule has 2 heteroatoms. The van der Waals surface area contributed by atoms with Crippen molar-refractivity contribution in [3.05, 3.63) is 29.8 Å². The van der Waals surface area contributed by atoms with Crippen LogP contribution in [0, 0.1) is 5.41 Å². The van der Waals surface area contributed by atoms with Crippen molar-refractivity contribution in [2.24, 2.45) is 11.1 Å². The molecule has 0 spiro atoms. The Labute approximate surface area is 104 Å². The lowest BCUT2D eigenvalue weighted by Gasteiger charge is -2.33. The van der Waals surface area contributed by atoms with Gasteiger partial charge in [-0.3, -0.25) is 0 Å². The summed E-state index contributed by atoms with van der Waals surface area (Å²) in [5.41, 5.74) is 7.39. The van der Waals surface area contributed by atoms with Crippen LogP contribution in [0.4, 0.5) is 0 Å². The summed E-state index contributed by atoms with van der Waals surface area (Å²) >= 11 is 0. The SMILES string of the molecule is CC(C)(CCN)CC1CCOc2ccccc21. The number of benzene rings is 1. The van der Waals surface area contributed by atoms with Gasteiger partial charge in [0.15, 0.2) is 0 Å². The number of hydrogen-bond donors (Lipinski definition) is 1. The van der Waals surface area contributed by atoms with Gasteiger partial charge in [-0.15, -0.1) is 0 Å². The van der Waals surface area contributed by atoms with Crippen LogP contribution in [-0.4, -0.2) is 13.2 Å². The third-order valence-corrected chi connectivity index (χ3v) is 3.70. The van der Waals surface area contributed by atoms with Crippen molar-refractivity contribution in [1.29, 1.82) is 0 Å². The van der Waals surface area contributed by atoms with E-state index in [0.717, 1.165) is 31.7 Å². The molecule has 17 heavy (non-hydrogen) atoms. The molecule has 1 aromatic carbocycles. The number of fused-ring (bicyclic) bond motifs is 1. The fraction of sp³-hybridized carbons (Fsp3) is 0.600. The van der Waals surface area contributed by atoms with E-state index in [9.17, 15) is 0 Å². The van der Waals surface area contributed by atoms with Crippen molar-refractivity contribution in [3.8, 4) is 5.75 Å². The fourth-order valence-electron chi connectivity index (χ4n) is 2.79. The molecule has 2 N–H and O–H groups in total. The highest BCUT2D eigenvalue weighted by molar-refractivity contribution is 5.37. The van der Waals surface area contributed by atoms with E-state index in [1.54, 1.807) is 0 Å². The molecule has 1 unspecified atom stereocenters. The van der Waals surface area contributed by atoms with Crippen LogP contribution in [0.3, 0.4) is 0 Å². The number of ether oxygens (including phenoxy) is 1. The Balaban J connectivity index is 2.13. The Hall–Kier alpha value is -1.02. The summed E-state index contributed by atoms with van der Waals surface area (Å²) in [7, 11) is 0. The van der Waals surface area contributed by atoms with Gasteiger partial charge in [0, 0.05) is 0 Å².